The fourth-order valence-corrected chi connectivity index (χ4v) is 4.25. The molecule has 8 heteroatoms. The van der Waals surface area contributed by atoms with Crippen LogP contribution in [0.4, 0.5) is 30.7 Å². The normalized spacial score (nSPS) is 20.1. The average Bonchev–Trinajstić information content (AvgIpc) is 2.74. The van der Waals surface area contributed by atoms with Gasteiger partial charge in [0, 0.05) is 11.1 Å². The van der Waals surface area contributed by atoms with Crippen molar-refractivity contribution < 1.29 is 35.5 Å². The number of ether oxygens (including phenoxy) is 1. The molecule has 0 aliphatic heterocycles. The van der Waals surface area contributed by atoms with Crippen molar-refractivity contribution in [2.45, 2.75) is 57.7 Å². The Labute approximate surface area is 181 Å². The number of hydrogen-bond donors (Lipinski definition) is 0. The van der Waals surface area contributed by atoms with Crippen LogP contribution in [0.2, 0.25) is 0 Å². The Morgan fingerprint density at radius 3 is 2.16 bits per heavy atom. The lowest BCUT2D eigenvalue weighted by molar-refractivity contribution is -0.275. The molecule has 1 aliphatic carbocycles. The van der Waals surface area contributed by atoms with E-state index in [-0.39, 0.29) is 5.92 Å². The van der Waals surface area contributed by atoms with Gasteiger partial charge in [-0.1, -0.05) is 25.8 Å². The van der Waals surface area contributed by atoms with Crippen molar-refractivity contribution in [2.24, 2.45) is 5.92 Å². The third kappa shape index (κ3) is 5.84. The van der Waals surface area contributed by atoms with Crippen LogP contribution < -0.4 is 4.74 Å². The van der Waals surface area contributed by atoms with E-state index in [0.29, 0.717) is 23.6 Å². The van der Waals surface area contributed by atoms with Gasteiger partial charge in [0.2, 0.25) is 0 Å². The van der Waals surface area contributed by atoms with E-state index in [2.05, 4.69) is 11.7 Å². The highest BCUT2D eigenvalue weighted by Crippen LogP contribution is 2.39. The van der Waals surface area contributed by atoms with Gasteiger partial charge in [-0.05, 0) is 73.4 Å². The number of halogens is 7. The van der Waals surface area contributed by atoms with E-state index in [4.69, 9.17) is 0 Å². The minimum absolute atomic E-state index is 0.152. The SMILES string of the molecule is CCCC1CCC(c2ccc(C(F)=C(F)c3ccc(OC(F)(F)F)c(F)c3)c(F)c2)CC1. The van der Waals surface area contributed by atoms with Gasteiger partial charge in [-0.25, -0.2) is 17.6 Å². The fourth-order valence-electron chi connectivity index (χ4n) is 4.25. The van der Waals surface area contributed by atoms with Crippen LogP contribution in [0.15, 0.2) is 36.4 Å². The zero-order chi connectivity index (χ0) is 23.5. The smallest absolute Gasteiger partial charge is 0.403 e. The largest absolute Gasteiger partial charge is 0.573 e. The van der Waals surface area contributed by atoms with Crippen molar-refractivity contribution in [3.63, 3.8) is 0 Å². The third-order valence-corrected chi connectivity index (χ3v) is 5.85. The summed E-state index contributed by atoms with van der Waals surface area (Å²) in [4.78, 5) is 0. The molecule has 0 amide bonds. The summed E-state index contributed by atoms with van der Waals surface area (Å²) in [5, 5.41) is 0. The summed E-state index contributed by atoms with van der Waals surface area (Å²) in [6, 6.07) is 5.48. The van der Waals surface area contributed by atoms with Gasteiger partial charge >= 0.3 is 6.36 Å². The molecule has 0 bridgehead atoms. The van der Waals surface area contributed by atoms with E-state index in [1.807, 2.05) is 0 Å². The molecule has 1 saturated carbocycles. The second kappa shape index (κ2) is 9.96. The monoisotopic (exact) mass is 460 g/mol. The highest BCUT2D eigenvalue weighted by Gasteiger charge is 2.32. The molecule has 32 heavy (non-hydrogen) atoms. The molecule has 0 aromatic heterocycles. The Morgan fingerprint density at radius 2 is 1.59 bits per heavy atom. The molecule has 1 fully saturated rings. The molecule has 1 nitrogen and oxygen atoms in total. The standard InChI is InChI=1S/C24H23F7O/c1-2-3-14-4-6-15(7-5-14)16-8-10-18(19(25)12-16)23(28)22(27)17-9-11-21(20(26)13-17)32-24(29,30)31/h8-15H,2-7H2,1H3. The highest BCUT2D eigenvalue weighted by atomic mass is 19.4. The van der Waals surface area contributed by atoms with Crippen molar-refractivity contribution in [3.8, 4) is 5.75 Å². The summed E-state index contributed by atoms with van der Waals surface area (Å²) in [7, 11) is 0. The summed E-state index contributed by atoms with van der Waals surface area (Å²) in [5.41, 5.74) is -0.594. The summed E-state index contributed by atoms with van der Waals surface area (Å²) in [6.45, 7) is 2.14. The third-order valence-electron chi connectivity index (χ3n) is 5.85. The lowest BCUT2D eigenvalue weighted by Crippen LogP contribution is -2.17. The van der Waals surface area contributed by atoms with E-state index in [0.717, 1.165) is 44.2 Å². The van der Waals surface area contributed by atoms with E-state index in [1.54, 1.807) is 6.07 Å². The van der Waals surface area contributed by atoms with E-state index >= 15 is 0 Å². The molecule has 0 atom stereocenters. The summed E-state index contributed by atoms with van der Waals surface area (Å²) in [5.74, 6) is -6.00. The Hall–Kier alpha value is -2.51. The van der Waals surface area contributed by atoms with E-state index in [9.17, 15) is 30.7 Å². The maximum absolute atomic E-state index is 14.6. The molecule has 174 valence electrons. The summed E-state index contributed by atoms with van der Waals surface area (Å²) in [6.07, 6.45) is 1.05. The highest BCUT2D eigenvalue weighted by molar-refractivity contribution is 5.83. The first-order chi connectivity index (χ1) is 15.1. The quantitative estimate of drug-likeness (QED) is 0.309. The van der Waals surface area contributed by atoms with E-state index < -0.39 is 46.5 Å². The molecule has 1 aliphatic rings. The molecule has 3 rings (SSSR count). The first-order valence-electron chi connectivity index (χ1n) is 10.5. The van der Waals surface area contributed by atoms with Gasteiger partial charge < -0.3 is 4.74 Å². The minimum atomic E-state index is -5.14. The minimum Gasteiger partial charge on any atom is -0.403 e. The summed E-state index contributed by atoms with van der Waals surface area (Å²) < 4.78 is 97.7. The van der Waals surface area contributed by atoms with Gasteiger partial charge in [0.05, 0.1) is 0 Å². The van der Waals surface area contributed by atoms with Crippen molar-refractivity contribution in [3.05, 3.63) is 64.7 Å². The van der Waals surface area contributed by atoms with Crippen molar-refractivity contribution >= 4 is 11.7 Å². The lowest BCUT2D eigenvalue weighted by Gasteiger charge is -2.28. The van der Waals surface area contributed by atoms with Gasteiger partial charge in [-0.3, -0.25) is 0 Å². The van der Waals surface area contributed by atoms with Crippen LogP contribution in [0.3, 0.4) is 0 Å². The number of alkyl halides is 3. The predicted octanol–water partition coefficient (Wildman–Crippen LogP) is 8.70. The Morgan fingerprint density at radius 1 is 0.906 bits per heavy atom. The van der Waals surface area contributed by atoms with Crippen LogP contribution in [0.1, 0.15) is 68.1 Å². The van der Waals surface area contributed by atoms with Gasteiger partial charge in [-0.15, -0.1) is 13.2 Å². The average molecular weight is 460 g/mol. The second-order valence-corrected chi connectivity index (χ2v) is 8.07. The predicted molar refractivity (Wildman–Crippen MR) is 108 cm³/mol. The van der Waals surface area contributed by atoms with E-state index in [1.165, 1.54) is 12.5 Å². The van der Waals surface area contributed by atoms with Crippen LogP contribution in [-0.4, -0.2) is 6.36 Å². The first-order valence-corrected chi connectivity index (χ1v) is 10.5. The molecule has 2 aromatic rings. The van der Waals surface area contributed by atoms with Crippen LogP contribution in [0.5, 0.6) is 5.75 Å². The van der Waals surface area contributed by atoms with Gasteiger partial charge in [-0.2, -0.15) is 0 Å². The molecule has 0 saturated heterocycles. The van der Waals surface area contributed by atoms with Gasteiger partial charge in [0.15, 0.2) is 23.2 Å². The zero-order valence-electron chi connectivity index (χ0n) is 17.4. The van der Waals surface area contributed by atoms with Crippen molar-refractivity contribution in [1.82, 2.24) is 0 Å². The van der Waals surface area contributed by atoms with Crippen molar-refractivity contribution in [1.29, 1.82) is 0 Å². The summed E-state index contributed by atoms with van der Waals surface area (Å²) >= 11 is 0. The van der Waals surface area contributed by atoms with Crippen LogP contribution in [0.25, 0.3) is 11.7 Å². The molecule has 0 unspecified atom stereocenters. The Bertz CT molecular complexity index is 973. The molecule has 2 aromatic carbocycles. The van der Waals surface area contributed by atoms with Crippen LogP contribution in [0, 0.1) is 17.6 Å². The maximum Gasteiger partial charge on any atom is 0.573 e. The number of hydrogen-bond acceptors (Lipinski definition) is 1. The topological polar surface area (TPSA) is 9.23 Å². The van der Waals surface area contributed by atoms with Crippen LogP contribution >= 0.6 is 0 Å². The molecule has 0 heterocycles. The molecule has 0 N–H and O–H groups in total. The number of rotatable bonds is 6. The van der Waals surface area contributed by atoms with Gasteiger partial charge in [0.1, 0.15) is 5.82 Å². The first kappa shape index (κ1) is 24.1. The molecule has 0 radical (unpaired) electrons. The number of benzene rings is 2. The molecular formula is C24H23F7O. The van der Waals surface area contributed by atoms with Crippen LogP contribution in [-0.2, 0) is 0 Å². The maximum atomic E-state index is 14.6. The Balaban J connectivity index is 1.79. The van der Waals surface area contributed by atoms with Gasteiger partial charge in [0.25, 0.3) is 0 Å². The molecule has 0 spiro atoms. The Kier molecular flexibility index (Phi) is 7.51. The second-order valence-electron chi connectivity index (χ2n) is 8.07. The van der Waals surface area contributed by atoms with Crippen molar-refractivity contribution in [2.75, 3.05) is 0 Å². The zero-order valence-corrected chi connectivity index (χ0v) is 17.4. The molecular weight excluding hydrogens is 437 g/mol. The lowest BCUT2D eigenvalue weighted by atomic mass is 9.77. The fraction of sp³-hybridized carbons (Fsp3) is 0.417.